The molecule has 1 aromatic heterocycles. The SMILES string of the molecule is CCC(=O)c1ccc(OCC(=O)OC(C)C(=O)c2[nH]c(C)c(C(=O)OC)c2C)cc1. The van der Waals surface area contributed by atoms with Gasteiger partial charge in [-0.05, 0) is 50.6 Å². The van der Waals surface area contributed by atoms with Crippen LogP contribution < -0.4 is 4.74 Å². The van der Waals surface area contributed by atoms with E-state index < -0.39 is 30.4 Å². The van der Waals surface area contributed by atoms with E-state index in [1.54, 1.807) is 45.0 Å². The standard InChI is InChI=1S/C22H25NO7/c1-6-17(24)15-7-9-16(10-8-15)29-11-18(25)30-14(4)21(26)20-12(2)19(13(3)23-20)22(27)28-5/h7-10,14,23H,6,11H2,1-5H3. The van der Waals surface area contributed by atoms with Crippen LogP contribution in [-0.2, 0) is 14.3 Å². The average molecular weight is 415 g/mol. The van der Waals surface area contributed by atoms with Crippen molar-refractivity contribution in [3.63, 3.8) is 0 Å². The van der Waals surface area contributed by atoms with Gasteiger partial charge in [0, 0.05) is 17.7 Å². The molecule has 0 aliphatic carbocycles. The fourth-order valence-corrected chi connectivity index (χ4v) is 2.98. The number of benzene rings is 1. The van der Waals surface area contributed by atoms with Crippen LogP contribution in [-0.4, -0.2) is 48.3 Å². The molecule has 1 unspecified atom stereocenters. The molecule has 0 saturated heterocycles. The summed E-state index contributed by atoms with van der Waals surface area (Å²) in [6.07, 6.45) is -0.674. The number of aromatic nitrogens is 1. The lowest BCUT2D eigenvalue weighted by atomic mass is 10.1. The quantitative estimate of drug-likeness (QED) is 0.494. The van der Waals surface area contributed by atoms with E-state index in [1.165, 1.54) is 14.0 Å². The van der Waals surface area contributed by atoms with Crippen LogP contribution in [0.5, 0.6) is 5.75 Å². The van der Waals surface area contributed by atoms with E-state index in [-0.39, 0.29) is 17.0 Å². The number of esters is 2. The van der Waals surface area contributed by atoms with Crippen molar-refractivity contribution in [2.75, 3.05) is 13.7 Å². The van der Waals surface area contributed by atoms with E-state index in [4.69, 9.17) is 14.2 Å². The number of methoxy groups -OCH3 is 1. The molecule has 0 aliphatic heterocycles. The van der Waals surface area contributed by atoms with Crippen LogP contribution in [0.25, 0.3) is 0 Å². The number of nitrogens with one attached hydrogen (secondary N) is 1. The van der Waals surface area contributed by atoms with E-state index in [0.717, 1.165) is 0 Å². The van der Waals surface area contributed by atoms with Gasteiger partial charge in [-0.2, -0.15) is 0 Å². The van der Waals surface area contributed by atoms with E-state index in [0.29, 0.717) is 29.0 Å². The summed E-state index contributed by atoms with van der Waals surface area (Å²) in [5.41, 5.74) is 1.97. The van der Waals surface area contributed by atoms with Gasteiger partial charge in [0.2, 0.25) is 5.78 Å². The number of carbonyl (C=O) groups is 4. The number of Topliss-reactive ketones (excluding diaryl/α,β-unsaturated/α-hetero) is 2. The Balaban J connectivity index is 1.96. The highest BCUT2D eigenvalue weighted by molar-refractivity contribution is 6.04. The first kappa shape index (κ1) is 22.9. The fraction of sp³-hybridized carbons (Fsp3) is 0.364. The van der Waals surface area contributed by atoms with Gasteiger partial charge in [-0.3, -0.25) is 9.59 Å². The molecule has 1 heterocycles. The van der Waals surface area contributed by atoms with Gasteiger partial charge in [-0.15, -0.1) is 0 Å². The van der Waals surface area contributed by atoms with Crippen molar-refractivity contribution < 1.29 is 33.4 Å². The summed E-state index contributed by atoms with van der Waals surface area (Å²) in [5, 5.41) is 0. The maximum absolute atomic E-state index is 12.6. The van der Waals surface area contributed by atoms with Crippen molar-refractivity contribution in [2.45, 2.75) is 40.2 Å². The van der Waals surface area contributed by atoms with Crippen LogP contribution in [0.1, 0.15) is 62.7 Å². The molecule has 0 fully saturated rings. The van der Waals surface area contributed by atoms with Crippen LogP contribution in [0, 0.1) is 13.8 Å². The number of hydrogen-bond acceptors (Lipinski definition) is 7. The average Bonchev–Trinajstić information content (AvgIpc) is 3.04. The molecule has 1 aromatic carbocycles. The van der Waals surface area contributed by atoms with E-state index >= 15 is 0 Å². The summed E-state index contributed by atoms with van der Waals surface area (Å²) in [6.45, 7) is 6.10. The number of ketones is 2. The zero-order valence-electron chi connectivity index (χ0n) is 17.7. The second-order valence-corrected chi connectivity index (χ2v) is 6.70. The second-order valence-electron chi connectivity index (χ2n) is 6.70. The van der Waals surface area contributed by atoms with E-state index in [9.17, 15) is 19.2 Å². The molecule has 0 radical (unpaired) electrons. The Labute approximate surface area is 174 Å². The molecule has 0 spiro atoms. The van der Waals surface area contributed by atoms with Crippen LogP contribution >= 0.6 is 0 Å². The summed E-state index contributed by atoms with van der Waals surface area (Å²) in [4.78, 5) is 51.0. The summed E-state index contributed by atoms with van der Waals surface area (Å²) >= 11 is 0. The van der Waals surface area contributed by atoms with Crippen molar-refractivity contribution in [3.05, 3.63) is 52.3 Å². The zero-order chi connectivity index (χ0) is 22.4. The molecule has 1 N–H and O–H groups in total. The molecule has 160 valence electrons. The van der Waals surface area contributed by atoms with Gasteiger partial charge in [0.1, 0.15) is 5.75 Å². The third-order valence-electron chi connectivity index (χ3n) is 4.60. The number of aryl methyl sites for hydroxylation is 1. The molecule has 0 amide bonds. The van der Waals surface area contributed by atoms with Crippen molar-refractivity contribution in [1.29, 1.82) is 0 Å². The first-order valence-corrected chi connectivity index (χ1v) is 9.46. The maximum atomic E-state index is 12.6. The highest BCUT2D eigenvalue weighted by Crippen LogP contribution is 2.21. The number of ether oxygens (including phenoxy) is 3. The minimum absolute atomic E-state index is 0.0125. The lowest BCUT2D eigenvalue weighted by Crippen LogP contribution is -2.28. The Morgan fingerprint density at radius 3 is 2.27 bits per heavy atom. The predicted octanol–water partition coefficient (Wildman–Crippen LogP) is 3.20. The molecule has 2 aromatic rings. The molecule has 0 aliphatic rings. The minimum Gasteiger partial charge on any atom is -0.482 e. The van der Waals surface area contributed by atoms with Crippen LogP contribution in [0.3, 0.4) is 0 Å². The Morgan fingerprint density at radius 1 is 1.07 bits per heavy atom. The van der Waals surface area contributed by atoms with Gasteiger partial charge in [0.15, 0.2) is 18.5 Å². The van der Waals surface area contributed by atoms with E-state index in [2.05, 4.69) is 4.98 Å². The number of aromatic amines is 1. The van der Waals surface area contributed by atoms with Gasteiger partial charge in [-0.25, -0.2) is 9.59 Å². The first-order chi connectivity index (χ1) is 14.2. The molecule has 30 heavy (non-hydrogen) atoms. The first-order valence-electron chi connectivity index (χ1n) is 9.46. The molecule has 0 bridgehead atoms. The van der Waals surface area contributed by atoms with Gasteiger partial charge in [0.25, 0.3) is 0 Å². The smallest absolute Gasteiger partial charge is 0.344 e. The summed E-state index contributed by atoms with van der Waals surface area (Å²) in [7, 11) is 1.26. The summed E-state index contributed by atoms with van der Waals surface area (Å²) in [5.74, 6) is -1.33. The van der Waals surface area contributed by atoms with Crippen LogP contribution in [0.2, 0.25) is 0 Å². The fourth-order valence-electron chi connectivity index (χ4n) is 2.98. The van der Waals surface area contributed by atoms with Crippen molar-refractivity contribution in [2.24, 2.45) is 0 Å². The number of rotatable bonds is 9. The number of H-pyrrole nitrogens is 1. The van der Waals surface area contributed by atoms with Gasteiger partial charge >= 0.3 is 11.9 Å². The Bertz CT molecular complexity index is 957. The summed E-state index contributed by atoms with van der Waals surface area (Å²) < 4.78 is 15.2. The Hall–Kier alpha value is -3.42. The lowest BCUT2D eigenvalue weighted by Gasteiger charge is -2.13. The molecule has 8 heteroatoms. The van der Waals surface area contributed by atoms with Crippen molar-refractivity contribution in [1.82, 2.24) is 4.98 Å². The Morgan fingerprint density at radius 2 is 1.70 bits per heavy atom. The molecule has 8 nitrogen and oxygen atoms in total. The predicted molar refractivity (Wildman–Crippen MR) is 108 cm³/mol. The molecular weight excluding hydrogens is 390 g/mol. The minimum atomic E-state index is -1.08. The zero-order valence-corrected chi connectivity index (χ0v) is 17.7. The highest BCUT2D eigenvalue weighted by atomic mass is 16.6. The monoisotopic (exact) mass is 415 g/mol. The third-order valence-corrected chi connectivity index (χ3v) is 4.60. The molecule has 0 saturated carbocycles. The summed E-state index contributed by atoms with van der Waals surface area (Å²) in [6, 6.07) is 6.41. The molecular formula is C22H25NO7. The van der Waals surface area contributed by atoms with Gasteiger partial charge in [-0.1, -0.05) is 6.92 Å². The second kappa shape index (κ2) is 9.87. The largest absolute Gasteiger partial charge is 0.482 e. The van der Waals surface area contributed by atoms with Crippen molar-refractivity contribution >= 4 is 23.5 Å². The maximum Gasteiger partial charge on any atom is 0.344 e. The normalized spacial score (nSPS) is 11.5. The molecule has 2 rings (SSSR count). The molecule has 1 atom stereocenters. The van der Waals surface area contributed by atoms with Crippen LogP contribution in [0.4, 0.5) is 0 Å². The third kappa shape index (κ3) is 5.14. The Kier molecular flexibility index (Phi) is 7.52. The lowest BCUT2D eigenvalue weighted by molar-refractivity contribution is -0.148. The highest BCUT2D eigenvalue weighted by Gasteiger charge is 2.27. The topological polar surface area (TPSA) is 112 Å². The van der Waals surface area contributed by atoms with Crippen molar-refractivity contribution in [3.8, 4) is 5.75 Å². The van der Waals surface area contributed by atoms with Crippen LogP contribution in [0.15, 0.2) is 24.3 Å². The van der Waals surface area contributed by atoms with Gasteiger partial charge in [0.05, 0.1) is 18.4 Å². The number of carbonyl (C=O) groups excluding carboxylic acids is 4. The number of hydrogen-bond donors (Lipinski definition) is 1. The van der Waals surface area contributed by atoms with Gasteiger partial charge < -0.3 is 19.2 Å². The van der Waals surface area contributed by atoms with E-state index in [1.807, 2.05) is 0 Å².